The van der Waals surface area contributed by atoms with E-state index in [1.54, 1.807) is 7.11 Å². The number of hydrogen-bond acceptors (Lipinski definition) is 5. The zero-order chi connectivity index (χ0) is 14.9. The van der Waals surface area contributed by atoms with E-state index in [1.807, 2.05) is 0 Å². The minimum atomic E-state index is 0.649. The van der Waals surface area contributed by atoms with Crippen molar-refractivity contribution in [2.45, 2.75) is 50.2 Å². The first-order valence-corrected chi connectivity index (χ1v) is 8.41. The fourth-order valence-electron chi connectivity index (χ4n) is 3.58. The minimum absolute atomic E-state index is 0.649. The largest absolute Gasteiger partial charge is 0.382 e. The van der Waals surface area contributed by atoms with Crippen LogP contribution in [0.1, 0.15) is 32.1 Å². The van der Waals surface area contributed by atoms with Gasteiger partial charge in [-0.15, -0.1) is 0 Å². The van der Waals surface area contributed by atoms with Crippen molar-refractivity contribution in [1.82, 2.24) is 10.2 Å². The number of methoxy groups -OCH3 is 1. The molecule has 0 radical (unpaired) electrons. The molecule has 2 atom stereocenters. The van der Waals surface area contributed by atoms with E-state index in [1.165, 1.54) is 32.1 Å². The number of piperidine rings is 2. The third kappa shape index (κ3) is 5.83. The van der Waals surface area contributed by atoms with Crippen LogP contribution in [0.4, 0.5) is 0 Å². The van der Waals surface area contributed by atoms with Gasteiger partial charge in [0, 0.05) is 31.8 Å². The highest BCUT2D eigenvalue weighted by molar-refractivity contribution is 4.93. The van der Waals surface area contributed by atoms with Gasteiger partial charge in [0.05, 0.1) is 33.0 Å². The van der Waals surface area contributed by atoms with Gasteiger partial charge in [0.2, 0.25) is 0 Å². The molecule has 0 aromatic heterocycles. The summed E-state index contributed by atoms with van der Waals surface area (Å²) in [5.74, 6) is 0. The van der Waals surface area contributed by atoms with E-state index in [0.717, 1.165) is 25.2 Å². The van der Waals surface area contributed by atoms with E-state index in [9.17, 15) is 0 Å². The highest BCUT2D eigenvalue weighted by Gasteiger charge is 2.35. The summed E-state index contributed by atoms with van der Waals surface area (Å²) in [6.45, 7) is 4.35. The molecule has 5 nitrogen and oxygen atoms in total. The average molecular weight is 300 g/mol. The molecule has 21 heavy (non-hydrogen) atoms. The Hall–Kier alpha value is -0.200. The third-order valence-electron chi connectivity index (χ3n) is 4.82. The monoisotopic (exact) mass is 300 g/mol. The second-order valence-corrected chi connectivity index (χ2v) is 6.24. The van der Waals surface area contributed by atoms with Crippen molar-refractivity contribution >= 4 is 0 Å². The molecule has 2 unspecified atom stereocenters. The van der Waals surface area contributed by atoms with Gasteiger partial charge in [-0.1, -0.05) is 6.42 Å². The molecule has 0 saturated carbocycles. The van der Waals surface area contributed by atoms with Crippen LogP contribution in [0.25, 0.3) is 0 Å². The normalized spacial score (nSPS) is 29.7. The van der Waals surface area contributed by atoms with Gasteiger partial charge in [0.25, 0.3) is 0 Å². The van der Waals surface area contributed by atoms with Gasteiger partial charge in [-0.2, -0.15) is 0 Å². The molecule has 2 heterocycles. The maximum Gasteiger partial charge on any atom is 0.0701 e. The second kappa shape index (κ2) is 9.74. The maximum absolute atomic E-state index is 5.58. The zero-order valence-corrected chi connectivity index (χ0v) is 13.7. The number of fused-ring (bicyclic) bond motifs is 2. The third-order valence-corrected chi connectivity index (χ3v) is 4.82. The number of ether oxygens (including phenoxy) is 3. The first-order valence-electron chi connectivity index (χ1n) is 8.41. The fourth-order valence-corrected chi connectivity index (χ4v) is 3.58. The van der Waals surface area contributed by atoms with Gasteiger partial charge in [-0.3, -0.25) is 0 Å². The Labute approximate surface area is 129 Å². The molecule has 5 heteroatoms. The van der Waals surface area contributed by atoms with Gasteiger partial charge >= 0.3 is 0 Å². The van der Waals surface area contributed by atoms with Crippen LogP contribution in [0.2, 0.25) is 0 Å². The molecule has 0 aliphatic carbocycles. The van der Waals surface area contributed by atoms with Gasteiger partial charge < -0.3 is 24.4 Å². The van der Waals surface area contributed by atoms with Crippen LogP contribution in [0.3, 0.4) is 0 Å². The minimum Gasteiger partial charge on any atom is -0.382 e. The van der Waals surface area contributed by atoms with Crippen LogP contribution in [-0.4, -0.2) is 76.8 Å². The van der Waals surface area contributed by atoms with Crippen molar-refractivity contribution in [1.29, 1.82) is 0 Å². The number of nitrogens with one attached hydrogen (secondary N) is 1. The summed E-state index contributed by atoms with van der Waals surface area (Å²) < 4.78 is 15.9. The quantitative estimate of drug-likeness (QED) is 0.616. The summed E-state index contributed by atoms with van der Waals surface area (Å²) in [6, 6.07) is 2.27. The highest BCUT2D eigenvalue weighted by atomic mass is 16.5. The zero-order valence-electron chi connectivity index (χ0n) is 13.7. The van der Waals surface area contributed by atoms with E-state index in [2.05, 4.69) is 17.3 Å². The molecule has 124 valence electrons. The molecular weight excluding hydrogens is 268 g/mol. The summed E-state index contributed by atoms with van der Waals surface area (Å²) >= 11 is 0. The van der Waals surface area contributed by atoms with E-state index < -0.39 is 0 Å². The van der Waals surface area contributed by atoms with E-state index >= 15 is 0 Å². The summed E-state index contributed by atoms with van der Waals surface area (Å²) in [7, 11) is 3.99. The molecule has 0 aromatic rings. The lowest BCUT2D eigenvalue weighted by Gasteiger charge is -2.47. The summed E-state index contributed by atoms with van der Waals surface area (Å²) in [6.07, 6.45) is 6.76. The lowest BCUT2D eigenvalue weighted by atomic mass is 9.82. The molecule has 2 aliphatic rings. The Balaban J connectivity index is 1.46. The Morgan fingerprint density at radius 3 is 2.24 bits per heavy atom. The predicted molar refractivity (Wildman–Crippen MR) is 83.7 cm³/mol. The van der Waals surface area contributed by atoms with Crippen LogP contribution < -0.4 is 5.32 Å². The molecule has 2 bridgehead atoms. The highest BCUT2D eigenvalue weighted by Crippen LogP contribution is 2.32. The van der Waals surface area contributed by atoms with Crippen LogP contribution in [0.15, 0.2) is 0 Å². The summed E-state index contributed by atoms with van der Waals surface area (Å²) in [4.78, 5) is 2.61. The van der Waals surface area contributed by atoms with Crippen molar-refractivity contribution in [3.8, 4) is 0 Å². The van der Waals surface area contributed by atoms with Crippen LogP contribution in [0.5, 0.6) is 0 Å². The van der Waals surface area contributed by atoms with Gasteiger partial charge in [-0.25, -0.2) is 0 Å². The number of nitrogens with zero attached hydrogens (tertiary/aromatic N) is 1. The molecule has 0 aromatic carbocycles. The second-order valence-electron chi connectivity index (χ2n) is 6.24. The van der Waals surface area contributed by atoms with Gasteiger partial charge in [-0.05, 0) is 32.7 Å². The molecule has 2 rings (SSSR count). The van der Waals surface area contributed by atoms with Crippen molar-refractivity contribution in [2.24, 2.45) is 0 Å². The molecule has 2 fully saturated rings. The molecular formula is C16H32N2O3. The first kappa shape index (κ1) is 17.2. The molecule has 2 saturated heterocycles. The summed E-state index contributed by atoms with van der Waals surface area (Å²) in [5.41, 5.74) is 0. The van der Waals surface area contributed by atoms with E-state index in [0.29, 0.717) is 32.5 Å². The fraction of sp³-hybridized carbons (Fsp3) is 1.00. The smallest absolute Gasteiger partial charge is 0.0701 e. The number of hydrogen-bond donors (Lipinski definition) is 1. The Morgan fingerprint density at radius 2 is 1.57 bits per heavy atom. The Bertz CT molecular complexity index is 264. The molecule has 0 amide bonds. The Kier molecular flexibility index (Phi) is 7.96. The number of rotatable bonds is 10. The van der Waals surface area contributed by atoms with Gasteiger partial charge in [0.15, 0.2) is 0 Å². The van der Waals surface area contributed by atoms with Crippen molar-refractivity contribution in [3.63, 3.8) is 0 Å². The SMILES string of the molecule is COCCOCCOCCNC1CC2CCCC(C1)N2C. The molecule has 1 N–H and O–H groups in total. The maximum atomic E-state index is 5.58. The van der Waals surface area contributed by atoms with E-state index in [-0.39, 0.29) is 0 Å². The first-order chi connectivity index (χ1) is 10.3. The topological polar surface area (TPSA) is 43.0 Å². The Morgan fingerprint density at radius 1 is 0.952 bits per heavy atom. The van der Waals surface area contributed by atoms with Crippen LogP contribution in [0, 0.1) is 0 Å². The average Bonchev–Trinajstić information content (AvgIpc) is 2.46. The molecule has 0 spiro atoms. The van der Waals surface area contributed by atoms with E-state index in [4.69, 9.17) is 14.2 Å². The standard InChI is InChI=1S/C16H32N2O3/c1-18-15-4-3-5-16(18)13-14(12-15)17-6-7-20-10-11-21-9-8-19-2/h14-17H,3-13H2,1-2H3. The van der Waals surface area contributed by atoms with Crippen molar-refractivity contribution in [2.75, 3.05) is 53.7 Å². The van der Waals surface area contributed by atoms with Crippen LogP contribution in [-0.2, 0) is 14.2 Å². The van der Waals surface area contributed by atoms with Crippen molar-refractivity contribution in [3.05, 3.63) is 0 Å². The van der Waals surface area contributed by atoms with Crippen molar-refractivity contribution < 1.29 is 14.2 Å². The van der Waals surface area contributed by atoms with Gasteiger partial charge in [0.1, 0.15) is 0 Å². The lowest BCUT2D eigenvalue weighted by molar-refractivity contribution is 0.0219. The summed E-state index contributed by atoms with van der Waals surface area (Å²) in [5, 5.41) is 3.67. The van der Waals surface area contributed by atoms with Crippen LogP contribution >= 0.6 is 0 Å². The predicted octanol–water partition coefficient (Wildman–Crippen LogP) is 1.27. The lowest BCUT2D eigenvalue weighted by Crippen LogP contribution is -2.54. The molecule has 2 aliphatic heterocycles.